The van der Waals surface area contributed by atoms with Gasteiger partial charge in [-0.15, -0.1) is 11.3 Å². The number of hydrogen-bond acceptors (Lipinski definition) is 4. The predicted molar refractivity (Wildman–Crippen MR) is 65.1 cm³/mol. The van der Waals surface area contributed by atoms with Crippen LogP contribution in [0.5, 0.6) is 0 Å². The van der Waals surface area contributed by atoms with Crippen molar-refractivity contribution in [1.82, 2.24) is 9.55 Å². The van der Waals surface area contributed by atoms with E-state index in [1.165, 1.54) is 6.20 Å². The molecule has 17 heavy (non-hydrogen) atoms. The van der Waals surface area contributed by atoms with E-state index in [2.05, 4.69) is 4.98 Å². The first-order chi connectivity index (χ1) is 8.11. The van der Waals surface area contributed by atoms with E-state index >= 15 is 0 Å². The van der Waals surface area contributed by atoms with Crippen molar-refractivity contribution in [3.63, 3.8) is 0 Å². The van der Waals surface area contributed by atoms with Crippen molar-refractivity contribution < 1.29 is 4.79 Å². The summed E-state index contributed by atoms with van der Waals surface area (Å²) in [6.07, 6.45) is 3.17. The number of nitriles is 1. The van der Waals surface area contributed by atoms with Gasteiger partial charge in [-0.2, -0.15) is 5.26 Å². The van der Waals surface area contributed by atoms with E-state index in [4.69, 9.17) is 5.26 Å². The molecular weight excluding hydrogens is 234 g/mol. The minimum absolute atomic E-state index is 0.0151. The zero-order chi connectivity index (χ0) is 12.4. The minimum Gasteiger partial charge on any atom is -0.315 e. The minimum atomic E-state index is 0.0151. The Labute approximate surface area is 103 Å². The second-order valence-electron chi connectivity index (χ2n) is 3.74. The molecule has 2 heterocycles. The monoisotopic (exact) mass is 245 g/mol. The molecule has 0 fully saturated rings. The van der Waals surface area contributed by atoms with Gasteiger partial charge in [0, 0.05) is 27.7 Å². The molecule has 2 rings (SSSR count). The van der Waals surface area contributed by atoms with E-state index in [0.717, 1.165) is 15.3 Å². The first-order valence-electron chi connectivity index (χ1n) is 5.13. The predicted octanol–water partition coefficient (Wildman–Crippen LogP) is 2.32. The quantitative estimate of drug-likeness (QED) is 0.780. The standard InChI is InChI=1S/C12H11N3OS/c1-8-5-10(9(2)17-8)11(16)7-15-4-3-14-12(15)6-13/h3-5H,7H2,1-2H3. The van der Waals surface area contributed by atoms with Gasteiger partial charge in [-0.05, 0) is 19.9 Å². The second-order valence-corrected chi connectivity index (χ2v) is 5.20. The summed E-state index contributed by atoms with van der Waals surface area (Å²) in [5, 5.41) is 8.81. The molecule has 0 unspecified atom stereocenters. The molecule has 0 aliphatic carbocycles. The van der Waals surface area contributed by atoms with Crippen LogP contribution in [0.4, 0.5) is 0 Å². The highest BCUT2D eigenvalue weighted by Gasteiger charge is 2.13. The molecule has 2 aromatic rings. The normalized spacial score (nSPS) is 10.2. The molecule has 4 nitrogen and oxygen atoms in total. The number of aryl methyl sites for hydroxylation is 2. The largest absolute Gasteiger partial charge is 0.315 e. The van der Waals surface area contributed by atoms with Gasteiger partial charge in [0.1, 0.15) is 6.07 Å². The van der Waals surface area contributed by atoms with Crippen LogP contribution in [0, 0.1) is 25.2 Å². The number of carbonyl (C=O) groups is 1. The molecule has 0 N–H and O–H groups in total. The molecule has 0 aliphatic heterocycles. The number of nitrogens with zero attached hydrogens (tertiary/aromatic N) is 3. The second kappa shape index (κ2) is 4.52. The molecule has 86 valence electrons. The fourth-order valence-electron chi connectivity index (χ4n) is 1.70. The third kappa shape index (κ3) is 2.27. The Morgan fingerprint density at radius 2 is 2.35 bits per heavy atom. The maximum absolute atomic E-state index is 12.1. The lowest BCUT2D eigenvalue weighted by Crippen LogP contribution is -2.11. The van der Waals surface area contributed by atoms with Gasteiger partial charge < -0.3 is 4.57 Å². The molecule has 0 saturated carbocycles. The van der Waals surface area contributed by atoms with E-state index in [0.29, 0.717) is 0 Å². The number of thiophene rings is 1. The molecule has 5 heteroatoms. The van der Waals surface area contributed by atoms with Crippen molar-refractivity contribution >= 4 is 17.1 Å². The summed E-state index contributed by atoms with van der Waals surface area (Å²) in [6.45, 7) is 4.08. The Morgan fingerprint density at radius 1 is 1.59 bits per heavy atom. The number of ketones is 1. The fraction of sp³-hybridized carbons (Fsp3) is 0.250. The lowest BCUT2D eigenvalue weighted by atomic mass is 10.1. The number of hydrogen-bond donors (Lipinski definition) is 0. The molecule has 2 aromatic heterocycles. The third-order valence-corrected chi connectivity index (χ3v) is 3.44. The van der Waals surface area contributed by atoms with Crippen LogP contribution in [-0.4, -0.2) is 15.3 Å². The Bertz CT molecular complexity index is 604. The van der Waals surface area contributed by atoms with Gasteiger partial charge in [0.2, 0.25) is 5.82 Å². The lowest BCUT2D eigenvalue weighted by Gasteiger charge is -2.02. The summed E-state index contributed by atoms with van der Waals surface area (Å²) >= 11 is 1.61. The Kier molecular flexibility index (Phi) is 3.07. The average molecular weight is 245 g/mol. The topological polar surface area (TPSA) is 58.7 Å². The van der Waals surface area contributed by atoms with Crippen LogP contribution in [0.1, 0.15) is 25.9 Å². The molecule has 0 aliphatic rings. The van der Waals surface area contributed by atoms with Crippen molar-refractivity contribution in [2.75, 3.05) is 0 Å². The van der Waals surface area contributed by atoms with E-state index in [9.17, 15) is 4.79 Å². The number of imidazole rings is 1. The number of Topliss-reactive ketones (excluding diaryl/α,β-unsaturated/α-hetero) is 1. The SMILES string of the molecule is Cc1cc(C(=O)Cn2ccnc2C#N)c(C)s1. The van der Waals surface area contributed by atoms with Crippen molar-refractivity contribution in [2.24, 2.45) is 0 Å². The molecule has 0 saturated heterocycles. The van der Waals surface area contributed by atoms with Gasteiger partial charge in [0.25, 0.3) is 0 Å². The van der Waals surface area contributed by atoms with Gasteiger partial charge in [0.05, 0.1) is 6.54 Å². The van der Waals surface area contributed by atoms with Gasteiger partial charge in [-0.3, -0.25) is 4.79 Å². The lowest BCUT2D eigenvalue weighted by molar-refractivity contribution is 0.0971. The highest BCUT2D eigenvalue weighted by molar-refractivity contribution is 7.12. The van der Waals surface area contributed by atoms with Gasteiger partial charge >= 0.3 is 0 Å². The van der Waals surface area contributed by atoms with Gasteiger partial charge in [-0.25, -0.2) is 4.98 Å². The van der Waals surface area contributed by atoms with Gasteiger partial charge in [0.15, 0.2) is 5.78 Å². The Morgan fingerprint density at radius 3 is 2.94 bits per heavy atom. The van der Waals surface area contributed by atoms with Crippen LogP contribution in [0.15, 0.2) is 18.5 Å². The molecule has 0 bridgehead atoms. The highest BCUT2D eigenvalue weighted by atomic mass is 32.1. The van der Waals surface area contributed by atoms with E-state index in [1.54, 1.807) is 22.1 Å². The summed E-state index contributed by atoms with van der Waals surface area (Å²) in [4.78, 5) is 18.1. The number of aromatic nitrogens is 2. The van der Waals surface area contributed by atoms with Crippen LogP contribution < -0.4 is 0 Å². The maximum Gasteiger partial charge on any atom is 0.213 e. The smallest absolute Gasteiger partial charge is 0.213 e. The average Bonchev–Trinajstić information content (AvgIpc) is 2.84. The van der Waals surface area contributed by atoms with Crippen LogP contribution in [0.25, 0.3) is 0 Å². The van der Waals surface area contributed by atoms with Crippen LogP contribution in [-0.2, 0) is 6.54 Å². The number of carbonyl (C=O) groups excluding carboxylic acids is 1. The number of rotatable bonds is 3. The maximum atomic E-state index is 12.1. The van der Waals surface area contributed by atoms with E-state index < -0.39 is 0 Å². The van der Waals surface area contributed by atoms with Crippen molar-refractivity contribution in [3.8, 4) is 6.07 Å². The van der Waals surface area contributed by atoms with Gasteiger partial charge in [-0.1, -0.05) is 0 Å². The first kappa shape index (κ1) is 11.6. The van der Waals surface area contributed by atoms with Crippen LogP contribution >= 0.6 is 11.3 Å². The molecule has 0 aromatic carbocycles. The summed E-state index contributed by atoms with van der Waals surface area (Å²) in [7, 11) is 0. The summed E-state index contributed by atoms with van der Waals surface area (Å²) < 4.78 is 1.56. The molecular formula is C12H11N3OS. The van der Waals surface area contributed by atoms with Crippen molar-refractivity contribution in [3.05, 3.63) is 39.6 Å². The van der Waals surface area contributed by atoms with E-state index in [1.807, 2.05) is 26.0 Å². The van der Waals surface area contributed by atoms with Crippen molar-refractivity contribution in [1.29, 1.82) is 5.26 Å². The summed E-state index contributed by atoms with van der Waals surface area (Å²) in [5.41, 5.74) is 0.741. The third-order valence-electron chi connectivity index (χ3n) is 2.47. The summed E-state index contributed by atoms with van der Waals surface area (Å²) in [6, 6.07) is 3.85. The zero-order valence-corrected chi connectivity index (χ0v) is 10.4. The fourth-order valence-corrected chi connectivity index (χ4v) is 2.64. The van der Waals surface area contributed by atoms with E-state index in [-0.39, 0.29) is 18.2 Å². The first-order valence-corrected chi connectivity index (χ1v) is 5.95. The highest BCUT2D eigenvalue weighted by Crippen LogP contribution is 2.21. The molecule has 0 spiro atoms. The molecule has 0 atom stereocenters. The Balaban J connectivity index is 2.24. The Hall–Kier alpha value is -1.93. The summed E-state index contributed by atoms with van der Waals surface area (Å²) in [5.74, 6) is 0.282. The van der Waals surface area contributed by atoms with Crippen molar-refractivity contribution in [2.45, 2.75) is 20.4 Å². The molecule has 0 amide bonds. The zero-order valence-electron chi connectivity index (χ0n) is 9.60. The van der Waals surface area contributed by atoms with Crippen LogP contribution in [0.3, 0.4) is 0 Å². The molecule has 0 radical (unpaired) electrons. The van der Waals surface area contributed by atoms with Crippen LogP contribution in [0.2, 0.25) is 0 Å².